The van der Waals surface area contributed by atoms with E-state index < -0.39 is 5.82 Å². The van der Waals surface area contributed by atoms with Crippen LogP contribution in [0, 0.1) is 5.82 Å². The van der Waals surface area contributed by atoms with Crippen molar-refractivity contribution >= 4 is 23.2 Å². The standard InChI is InChI=1S/C20H20ClFN2O2/c1-2-11-24(20(25)17-5-3-4-6-18(17)22)13-16-12-19(23-26-16)14-7-9-15(21)10-8-14/h3-10,16H,2,11-13H2,1H3/t16-/m0/s1. The maximum Gasteiger partial charge on any atom is 0.256 e. The predicted octanol–water partition coefficient (Wildman–Crippen LogP) is 4.52. The summed E-state index contributed by atoms with van der Waals surface area (Å²) in [5.74, 6) is -0.836. The molecule has 1 heterocycles. The van der Waals surface area contributed by atoms with E-state index in [4.69, 9.17) is 16.4 Å². The number of nitrogens with zero attached hydrogens (tertiary/aromatic N) is 2. The number of rotatable bonds is 6. The fourth-order valence-electron chi connectivity index (χ4n) is 2.94. The molecule has 1 aliphatic rings. The van der Waals surface area contributed by atoms with E-state index in [1.54, 1.807) is 29.2 Å². The number of halogens is 2. The van der Waals surface area contributed by atoms with E-state index in [1.165, 1.54) is 12.1 Å². The largest absolute Gasteiger partial charge is 0.390 e. The second-order valence-electron chi connectivity index (χ2n) is 6.21. The number of hydrogen-bond donors (Lipinski definition) is 0. The highest BCUT2D eigenvalue weighted by molar-refractivity contribution is 6.30. The topological polar surface area (TPSA) is 41.9 Å². The summed E-state index contributed by atoms with van der Waals surface area (Å²) >= 11 is 5.91. The van der Waals surface area contributed by atoms with Crippen molar-refractivity contribution in [3.63, 3.8) is 0 Å². The Kier molecular flexibility index (Phi) is 5.89. The van der Waals surface area contributed by atoms with Gasteiger partial charge in [-0.25, -0.2) is 4.39 Å². The molecule has 0 aromatic heterocycles. The Morgan fingerprint density at radius 2 is 2.00 bits per heavy atom. The first-order valence-corrected chi connectivity index (χ1v) is 8.98. The lowest BCUT2D eigenvalue weighted by Gasteiger charge is -2.24. The molecule has 0 bridgehead atoms. The minimum Gasteiger partial charge on any atom is -0.390 e. The first kappa shape index (κ1) is 18.4. The van der Waals surface area contributed by atoms with Crippen molar-refractivity contribution in [3.8, 4) is 0 Å². The molecule has 0 spiro atoms. The lowest BCUT2D eigenvalue weighted by molar-refractivity contribution is 0.0421. The van der Waals surface area contributed by atoms with Crippen molar-refractivity contribution in [2.45, 2.75) is 25.9 Å². The number of oxime groups is 1. The van der Waals surface area contributed by atoms with Gasteiger partial charge in [-0.15, -0.1) is 0 Å². The summed E-state index contributed by atoms with van der Waals surface area (Å²) in [6, 6.07) is 13.4. The van der Waals surface area contributed by atoms with E-state index in [0.717, 1.165) is 17.7 Å². The van der Waals surface area contributed by atoms with Crippen molar-refractivity contribution < 1.29 is 14.0 Å². The molecule has 0 saturated carbocycles. The van der Waals surface area contributed by atoms with Gasteiger partial charge in [0.2, 0.25) is 0 Å². The van der Waals surface area contributed by atoms with Crippen LogP contribution in [-0.4, -0.2) is 35.7 Å². The minimum atomic E-state index is -0.510. The van der Waals surface area contributed by atoms with E-state index in [1.807, 2.05) is 19.1 Å². The Bertz CT molecular complexity index is 808. The smallest absolute Gasteiger partial charge is 0.256 e. The Morgan fingerprint density at radius 1 is 1.27 bits per heavy atom. The third-order valence-electron chi connectivity index (χ3n) is 4.22. The zero-order valence-corrected chi connectivity index (χ0v) is 15.2. The number of benzene rings is 2. The molecule has 26 heavy (non-hydrogen) atoms. The summed E-state index contributed by atoms with van der Waals surface area (Å²) in [7, 11) is 0. The molecule has 4 nitrogen and oxygen atoms in total. The molecular weight excluding hydrogens is 355 g/mol. The normalized spacial score (nSPS) is 16.1. The van der Waals surface area contributed by atoms with Crippen LogP contribution in [0.4, 0.5) is 4.39 Å². The van der Waals surface area contributed by atoms with Crippen LogP contribution in [0.25, 0.3) is 0 Å². The summed E-state index contributed by atoms with van der Waals surface area (Å²) < 4.78 is 14.0. The van der Waals surface area contributed by atoms with Gasteiger partial charge in [-0.2, -0.15) is 0 Å². The van der Waals surface area contributed by atoms with E-state index in [9.17, 15) is 9.18 Å². The zero-order chi connectivity index (χ0) is 18.5. The Morgan fingerprint density at radius 3 is 2.69 bits per heavy atom. The minimum absolute atomic E-state index is 0.0813. The third kappa shape index (κ3) is 4.22. The Labute approximate surface area is 157 Å². The quantitative estimate of drug-likeness (QED) is 0.745. The van der Waals surface area contributed by atoms with Gasteiger partial charge >= 0.3 is 0 Å². The van der Waals surface area contributed by atoms with Gasteiger partial charge in [-0.3, -0.25) is 4.79 Å². The Hall–Kier alpha value is -2.40. The molecule has 0 radical (unpaired) electrons. The van der Waals surface area contributed by atoms with Crippen molar-refractivity contribution in [1.82, 2.24) is 4.90 Å². The van der Waals surface area contributed by atoms with Crippen molar-refractivity contribution in [1.29, 1.82) is 0 Å². The van der Waals surface area contributed by atoms with Gasteiger partial charge < -0.3 is 9.74 Å². The maximum absolute atomic E-state index is 14.0. The Balaban J connectivity index is 1.67. The first-order valence-electron chi connectivity index (χ1n) is 8.61. The summed E-state index contributed by atoms with van der Waals surface area (Å²) in [6.45, 7) is 2.87. The number of hydrogen-bond acceptors (Lipinski definition) is 3. The molecule has 0 aliphatic carbocycles. The lowest BCUT2D eigenvalue weighted by atomic mass is 10.0. The van der Waals surface area contributed by atoms with Gasteiger partial charge in [0.05, 0.1) is 17.8 Å². The average Bonchev–Trinajstić information content (AvgIpc) is 3.10. The van der Waals surface area contributed by atoms with Crippen LogP contribution in [0.1, 0.15) is 35.7 Å². The monoisotopic (exact) mass is 374 g/mol. The highest BCUT2D eigenvalue weighted by Gasteiger charge is 2.27. The number of carbonyl (C=O) groups is 1. The fourth-order valence-corrected chi connectivity index (χ4v) is 3.06. The molecule has 0 unspecified atom stereocenters. The molecule has 2 aromatic rings. The third-order valence-corrected chi connectivity index (χ3v) is 4.47. The predicted molar refractivity (Wildman–Crippen MR) is 100 cm³/mol. The molecule has 3 rings (SSSR count). The summed E-state index contributed by atoms with van der Waals surface area (Å²) in [5.41, 5.74) is 1.85. The van der Waals surface area contributed by atoms with Crippen LogP contribution in [0.2, 0.25) is 5.02 Å². The highest BCUT2D eigenvalue weighted by Crippen LogP contribution is 2.20. The molecule has 0 N–H and O–H groups in total. The van der Waals surface area contributed by atoms with E-state index in [2.05, 4.69) is 5.16 Å². The second-order valence-corrected chi connectivity index (χ2v) is 6.64. The van der Waals surface area contributed by atoms with Crippen molar-refractivity contribution in [2.24, 2.45) is 5.16 Å². The maximum atomic E-state index is 14.0. The van der Waals surface area contributed by atoms with Crippen molar-refractivity contribution in [3.05, 3.63) is 70.5 Å². The van der Waals surface area contributed by atoms with Gasteiger partial charge in [0.15, 0.2) is 6.10 Å². The zero-order valence-electron chi connectivity index (χ0n) is 14.5. The van der Waals surface area contributed by atoms with Crippen LogP contribution in [0.3, 0.4) is 0 Å². The van der Waals surface area contributed by atoms with E-state index in [0.29, 0.717) is 24.5 Å². The van der Waals surface area contributed by atoms with Crippen LogP contribution in [0.5, 0.6) is 0 Å². The van der Waals surface area contributed by atoms with Gasteiger partial charge in [-0.05, 0) is 36.2 Å². The van der Waals surface area contributed by atoms with Crippen LogP contribution < -0.4 is 0 Å². The molecule has 2 aromatic carbocycles. The van der Waals surface area contributed by atoms with Gasteiger partial charge in [-0.1, -0.05) is 47.9 Å². The second kappa shape index (κ2) is 8.32. The van der Waals surface area contributed by atoms with Crippen LogP contribution >= 0.6 is 11.6 Å². The van der Waals surface area contributed by atoms with Crippen molar-refractivity contribution in [2.75, 3.05) is 13.1 Å². The fraction of sp³-hybridized carbons (Fsp3) is 0.300. The molecule has 0 fully saturated rings. The SMILES string of the molecule is CCCN(C[C@@H]1CC(c2ccc(Cl)cc2)=NO1)C(=O)c1ccccc1F. The van der Waals surface area contributed by atoms with E-state index in [-0.39, 0.29) is 17.6 Å². The molecule has 6 heteroatoms. The summed E-state index contributed by atoms with van der Waals surface area (Å²) in [6.07, 6.45) is 1.12. The summed E-state index contributed by atoms with van der Waals surface area (Å²) in [5, 5.41) is 4.80. The van der Waals surface area contributed by atoms with Crippen LogP contribution in [0.15, 0.2) is 53.7 Å². The lowest BCUT2D eigenvalue weighted by Crippen LogP contribution is -2.38. The molecule has 1 aliphatic heterocycles. The van der Waals surface area contributed by atoms with Crippen LogP contribution in [-0.2, 0) is 4.84 Å². The van der Waals surface area contributed by atoms with E-state index >= 15 is 0 Å². The number of amides is 1. The molecule has 1 amide bonds. The molecule has 136 valence electrons. The van der Waals surface area contributed by atoms with Gasteiger partial charge in [0.1, 0.15) is 5.82 Å². The first-order chi connectivity index (χ1) is 12.6. The molecule has 1 atom stereocenters. The van der Waals surface area contributed by atoms with Gasteiger partial charge in [0.25, 0.3) is 5.91 Å². The van der Waals surface area contributed by atoms with Gasteiger partial charge in [0, 0.05) is 18.0 Å². The molecular formula is C20H20ClFN2O2. The summed E-state index contributed by atoms with van der Waals surface area (Å²) in [4.78, 5) is 19.8. The average molecular weight is 375 g/mol. The number of carbonyl (C=O) groups excluding carboxylic acids is 1. The molecule has 0 saturated heterocycles. The highest BCUT2D eigenvalue weighted by atomic mass is 35.5.